The molecule has 1 saturated heterocycles. The Morgan fingerprint density at radius 2 is 1.78 bits per heavy atom. The number of rotatable bonds is 5. The number of carbonyl (C=O) groups excluding carboxylic acids is 2. The summed E-state index contributed by atoms with van der Waals surface area (Å²) in [6.07, 6.45) is 2.53. The predicted molar refractivity (Wildman–Crippen MR) is 123 cm³/mol. The molecule has 170 valence electrons. The van der Waals surface area contributed by atoms with Crippen LogP contribution in [0.1, 0.15) is 52.1 Å². The van der Waals surface area contributed by atoms with Gasteiger partial charge in [0.05, 0.1) is 13.2 Å². The average Bonchev–Trinajstić information content (AvgIpc) is 2.74. The topological polar surface area (TPSA) is 80.6 Å². The van der Waals surface area contributed by atoms with Gasteiger partial charge in [0.1, 0.15) is 5.56 Å². The molecule has 0 bridgehead atoms. The summed E-state index contributed by atoms with van der Waals surface area (Å²) in [5.41, 5.74) is 2.16. The highest BCUT2D eigenvalue weighted by atomic mass is 16.5. The maximum atomic E-state index is 13.5. The van der Waals surface area contributed by atoms with Crippen LogP contribution >= 0.6 is 0 Å². The molecule has 2 heterocycles. The van der Waals surface area contributed by atoms with Crippen molar-refractivity contribution in [1.82, 2.24) is 14.8 Å². The van der Waals surface area contributed by atoms with E-state index in [9.17, 15) is 14.4 Å². The molecule has 7 nitrogen and oxygen atoms in total. The third-order valence-corrected chi connectivity index (χ3v) is 6.27. The molecule has 0 spiro atoms. The van der Waals surface area contributed by atoms with Gasteiger partial charge in [0.15, 0.2) is 5.78 Å². The molecule has 2 aromatic rings. The van der Waals surface area contributed by atoms with Gasteiger partial charge in [0.25, 0.3) is 11.5 Å². The Morgan fingerprint density at radius 3 is 2.47 bits per heavy atom. The molecule has 0 unspecified atom stereocenters. The largest absolute Gasteiger partial charge is 0.379 e. The zero-order chi connectivity index (χ0) is 22.9. The molecule has 1 aliphatic carbocycles. The third kappa shape index (κ3) is 4.69. The van der Waals surface area contributed by atoms with Crippen molar-refractivity contribution in [3.63, 3.8) is 0 Å². The molecule has 2 aliphatic rings. The van der Waals surface area contributed by atoms with Gasteiger partial charge in [-0.2, -0.15) is 0 Å². The fourth-order valence-corrected chi connectivity index (χ4v) is 4.52. The lowest BCUT2D eigenvalue weighted by Crippen LogP contribution is -2.43. The van der Waals surface area contributed by atoms with Crippen LogP contribution in [0.3, 0.4) is 0 Å². The Bertz CT molecular complexity index is 1080. The van der Waals surface area contributed by atoms with Crippen LogP contribution in [0, 0.1) is 12.3 Å². The second kappa shape index (κ2) is 9.00. The first-order chi connectivity index (χ1) is 15.2. The molecule has 0 atom stereocenters. The number of benzene rings is 1. The van der Waals surface area contributed by atoms with Gasteiger partial charge in [-0.15, -0.1) is 0 Å². The van der Waals surface area contributed by atoms with Crippen molar-refractivity contribution in [1.29, 1.82) is 0 Å². The fourth-order valence-electron chi connectivity index (χ4n) is 4.52. The van der Waals surface area contributed by atoms with E-state index in [1.165, 1.54) is 4.57 Å². The minimum Gasteiger partial charge on any atom is -0.379 e. The summed E-state index contributed by atoms with van der Waals surface area (Å²) >= 11 is 0. The molecule has 1 amide bonds. The van der Waals surface area contributed by atoms with Gasteiger partial charge in [0, 0.05) is 50.0 Å². The first-order valence-electron chi connectivity index (χ1n) is 11.2. The number of Topliss-reactive ketones (excluding diaryl/α,β-unsaturated/α-hetero) is 1. The summed E-state index contributed by atoms with van der Waals surface area (Å²) in [6, 6.07) is 7.49. The molecule has 0 saturated carbocycles. The number of hydrogen-bond acceptors (Lipinski definition) is 5. The summed E-state index contributed by atoms with van der Waals surface area (Å²) < 4.78 is 6.80. The predicted octanol–water partition coefficient (Wildman–Crippen LogP) is 2.36. The minimum atomic E-state index is -0.411. The monoisotopic (exact) mass is 437 g/mol. The number of hydrogen-bond donors (Lipinski definition) is 1. The zero-order valence-electron chi connectivity index (χ0n) is 19.1. The van der Waals surface area contributed by atoms with Crippen LogP contribution in [0.15, 0.2) is 35.3 Å². The highest BCUT2D eigenvalue weighted by Crippen LogP contribution is 2.35. The van der Waals surface area contributed by atoms with E-state index >= 15 is 0 Å². The smallest absolute Gasteiger partial charge is 0.268 e. The summed E-state index contributed by atoms with van der Waals surface area (Å²) in [4.78, 5) is 42.0. The molecular weight excluding hydrogens is 406 g/mol. The van der Waals surface area contributed by atoms with Gasteiger partial charge < -0.3 is 10.1 Å². The maximum Gasteiger partial charge on any atom is 0.268 e. The summed E-state index contributed by atoms with van der Waals surface area (Å²) in [6.45, 7) is 10.2. The number of aromatic nitrogens is 1. The quantitative estimate of drug-likeness (QED) is 0.777. The zero-order valence-corrected chi connectivity index (χ0v) is 19.1. The first kappa shape index (κ1) is 22.4. The molecule has 4 rings (SSSR count). The van der Waals surface area contributed by atoms with Crippen molar-refractivity contribution in [2.75, 3.05) is 39.4 Å². The fraction of sp³-hybridized carbons (Fsp3) is 0.480. The summed E-state index contributed by atoms with van der Waals surface area (Å²) in [5, 5.41) is 2.92. The van der Waals surface area contributed by atoms with Crippen LogP contribution in [-0.2, 0) is 11.2 Å². The number of nitrogens with zero attached hydrogens (tertiary/aromatic N) is 2. The molecule has 1 aromatic heterocycles. The van der Waals surface area contributed by atoms with E-state index in [0.717, 1.165) is 18.7 Å². The maximum absolute atomic E-state index is 13.5. The number of amides is 1. The molecular formula is C25H31N3O4. The summed E-state index contributed by atoms with van der Waals surface area (Å²) in [7, 11) is 0. The number of morpholine rings is 1. The Balaban J connectivity index is 1.70. The Hall–Kier alpha value is -2.77. The highest BCUT2D eigenvalue weighted by molar-refractivity contribution is 6.04. The van der Waals surface area contributed by atoms with E-state index in [-0.39, 0.29) is 22.3 Å². The van der Waals surface area contributed by atoms with Crippen molar-refractivity contribution in [3.05, 3.63) is 63.1 Å². The molecule has 1 fully saturated rings. The van der Waals surface area contributed by atoms with Crippen molar-refractivity contribution in [2.24, 2.45) is 5.41 Å². The van der Waals surface area contributed by atoms with E-state index in [2.05, 4.69) is 10.2 Å². The number of fused-ring (bicyclic) bond motifs is 1. The van der Waals surface area contributed by atoms with Crippen molar-refractivity contribution in [2.45, 2.75) is 33.6 Å². The molecule has 1 N–H and O–H groups in total. The minimum absolute atomic E-state index is 0.0283. The van der Waals surface area contributed by atoms with E-state index in [1.807, 2.05) is 45.0 Å². The van der Waals surface area contributed by atoms with Gasteiger partial charge in [-0.1, -0.05) is 31.5 Å². The lowest BCUT2D eigenvalue weighted by atomic mass is 9.73. The lowest BCUT2D eigenvalue weighted by Gasteiger charge is -2.31. The molecule has 7 heteroatoms. The molecule has 1 aliphatic heterocycles. The number of carbonyl (C=O) groups is 2. The average molecular weight is 438 g/mol. The van der Waals surface area contributed by atoms with E-state index in [4.69, 9.17) is 4.74 Å². The van der Waals surface area contributed by atoms with Crippen LogP contribution in [0.25, 0.3) is 5.69 Å². The van der Waals surface area contributed by atoms with Crippen LogP contribution in [0.2, 0.25) is 0 Å². The Labute approximate surface area is 188 Å². The number of ketones is 1. The second-order valence-electron chi connectivity index (χ2n) is 9.56. The second-order valence-corrected chi connectivity index (χ2v) is 9.56. The number of aryl methyl sites for hydroxylation is 1. The van der Waals surface area contributed by atoms with Crippen LogP contribution in [-0.4, -0.2) is 60.6 Å². The number of pyridine rings is 1. The van der Waals surface area contributed by atoms with E-state index < -0.39 is 5.91 Å². The van der Waals surface area contributed by atoms with Crippen molar-refractivity contribution < 1.29 is 14.3 Å². The number of nitrogens with one attached hydrogen (secondary N) is 1. The SMILES string of the molecule is Cc1ccc(-n2cc3c(c(C(=O)NCCN4CCOCC4)c2=O)CC(C)(C)CC3=O)cc1. The first-order valence-corrected chi connectivity index (χ1v) is 11.2. The molecule has 0 radical (unpaired) electrons. The van der Waals surface area contributed by atoms with Gasteiger partial charge in [-0.25, -0.2) is 0 Å². The normalized spacial score (nSPS) is 18.3. The Morgan fingerprint density at radius 1 is 1.09 bits per heavy atom. The van der Waals surface area contributed by atoms with Gasteiger partial charge in [-0.05, 0) is 36.5 Å². The van der Waals surface area contributed by atoms with Crippen molar-refractivity contribution >= 4 is 11.7 Å². The highest BCUT2D eigenvalue weighted by Gasteiger charge is 2.35. The van der Waals surface area contributed by atoms with Gasteiger partial charge in [-0.3, -0.25) is 23.9 Å². The third-order valence-electron chi connectivity index (χ3n) is 6.27. The standard InChI is InChI=1S/C25H31N3O4/c1-17-4-6-18(7-5-17)28-16-20-19(14-25(2,3)15-21(20)29)22(24(28)31)23(30)26-8-9-27-10-12-32-13-11-27/h4-7,16H,8-15H2,1-3H3,(H,26,30). The molecule has 32 heavy (non-hydrogen) atoms. The van der Waals surface area contributed by atoms with E-state index in [1.54, 1.807) is 6.20 Å². The van der Waals surface area contributed by atoms with Crippen molar-refractivity contribution in [3.8, 4) is 5.69 Å². The number of ether oxygens (including phenoxy) is 1. The van der Waals surface area contributed by atoms with Gasteiger partial charge >= 0.3 is 0 Å². The Kier molecular flexibility index (Phi) is 6.31. The van der Waals surface area contributed by atoms with E-state index in [0.29, 0.717) is 56.0 Å². The summed E-state index contributed by atoms with van der Waals surface area (Å²) in [5.74, 6) is -0.439. The van der Waals surface area contributed by atoms with Crippen LogP contribution < -0.4 is 10.9 Å². The van der Waals surface area contributed by atoms with Crippen LogP contribution in [0.4, 0.5) is 0 Å². The molecule has 1 aromatic carbocycles. The van der Waals surface area contributed by atoms with Gasteiger partial charge in [0.2, 0.25) is 0 Å². The van der Waals surface area contributed by atoms with Crippen LogP contribution in [0.5, 0.6) is 0 Å². The lowest BCUT2D eigenvalue weighted by molar-refractivity contribution is 0.0383.